The van der Waals surface area contributed by atoms with E-state index in [0.29, 0.717) is 5.56 Å². The smallest absolute Gasteiger partial charge is 0.338 e. The highest BCUT2D eigenvalue weighted by Crippen LogP contribution is 2.10. The Balaban J connectivity index is 2.73. The average molecular weight is 299 g/mol. The zero-order valence-electron chi connectivity index (χ0n) is 11.5. The number of esters is 1. The molecule has 0 saturated heterocycles. The zero-order chi connectivity index (χ0) is 15.3. The van der Waals surface area contributed by atoms with Gasteiger partial charge in [-0.25, -0.2) is 13.2 Å². The molecule has 1 aromatic carbocycles. The topological polar surface area (TPSA) is 89.5 Å². The van der Waals surface area contributed by atoms with Gasteiger partial charge in [0.15, 0.2) is 15.9 Å². The van der Waals surface area contributed by atoms with Crippen molar-refractivity contribution in [3.05, 3.63) is 35.4 Å². The van der Waals surface area contributed by atoms with Crippen molar-refractivity contribution in [3.63, 3.8) is 0 Å². The number of nitrogens with one attached hydrogen (secondary N) is 1. The van der Waals surface area contributed by atoms with Gasteiger partial charge in [0.25, 0.3) is 5.91 Å². The lowest BCUT2D eigenvalue weighted by Gasteiger charge is -2.11. The minimum atomic E-state index is -3.11. The van der Waals surface area contributed by atoms with Gasteiger partial charge in [-0.1, -0.05) is 12.1 Å². The van der Waals surface area contributed by atoms with E-state index in [9.17, 15) is 18.0 Å². The Bertz CT molecular complexity index is 592. The van der Waals surface area contributed by atoms with E-state index in [4.69, 9.17) is 4.74 Å². The standard InChI is InChI=1S/C13H17NO5S/c1-9(12(15)14-2)19-13(16)11-6-4-10(5-7-11)8-20(3,17)18/h4-7,9H,8H2,1-3H3,(H,14,15). The first kappa shape index (κ1) is 16.2. The molecular formula is C13H17NO5S. The summed E-state index contributed by atoms with van der Waals surface area (Å²) in [5.41, 5.74) is 0.849. The molecule has 1 aromatic rings. The van der Waals surface area contributed by atoms with Gasteiger partial charge >= 0.3 is 5.97 Å². The third kappa shape index (κ3) is 5.00. The fourth-order valence-corrected chi connectivity index (χ4v) is 2.32. The first-order valence-corrected chi connectivity index (χ1v) is 7.98. The predicted octanol–water partition coefficient (Wildman–Crippen LogP) is 0.522. The normalized spacial score (nSPS) is 12.6. The summed E-state index contributed by atoms with van der Waals surface area (Å²) in [5, 5.41) is 2.37. The maximum absolute atomic E-state index is 11.8. The van der Waals surface area contributed by atoms with Crippen LogP contribution in [0.25, 0.3) is 0 Å². The molecule has 0 spiro atoms. The van der Waals surface area contributed by atoms with Crippen molar-refractivity contribution in [1.29, 1.82) is 0 Å². The summed E-state index contributed by atoms with van der Waals surface area (Å²) in [7, 11) is -1.66. The number of benzene rings is 1. The van der Waals surface area contributed by atoms with Crippen LogP contribution < -0.4 is 5.32 Å². The van der Waals surface area contributed by atoms with Crippen molar-refractivity contribution < 1.29 is 22.7 Å². The number of carbonyl (C=O) groups excluding carboxylic acids is 2. The van der Waals surface area contributed by atoms with Gasteiger partial charge in [0.2, 0.25) is 0 Å². The van der Waals surface area contributed by atoms with E-state index in [1.807, 2.05) is 0 Å². The maximum atomic E-state index is 11.8. The van der Waals surface area contributed by atoms with E-state index < -0.39 is 27.8 Å². The molecule has 1 amide bonds. The molecule has 6 nitrogen and oxygen atoms in total. The summed E-state index contributed by atoms with van der Waals surface area (Å²) in [4.78, 5) is 23.0. The van der Waals surface area contributed by atoms with Crippen LogP contribution >= 0.6 is 0 Å². The van der Waals surface area contributed by atoms with E-state index in [2.05, 4.69) is 5.32 Å². The molecular weight excluding hydrogens is 282 g/mol. The summed E-state index contributed by atoms with van der Waals surface area (Å²) in [6.07, 6.45) is 0.253. The zero-order valence-corrected chi connectivity index (χ0v) is 12.4. The summed E-state index contributed by atoms with van der Waals surface area (Å²) < 4.78 is 27.2. The van der Waals surface area contributed by atoms with Gasteiger partial charge in [0, 0.05) is 13.3 Å². The number of ether oxygens (including phenoxy) is 1. The number of likely N-dealkylation sites (N-methyl/N-ethyl adjacent to an activating group) is 1. The number of amides is 1. The Labute approximate surface area is 118 Å². The second-order valence-electron chi connectivity index (χ2n) is 4.43. The van der Waals surface area contributed by atoms with Crippen LogP contribution in [0.5, 0.6) is 0 Å². The Hall–Kier alpha value is -1.89. The lowest BCUT2D eigenvalue weighted by Crippen LogP contribution is -2.33. The molecule has 0 aliphatic rings. The number of hydrogen-bond acceptors (Lipinski definition) is 5. The molecule has 0 radical (unpaired) electrons. The van der Waals surface area contributed by atoms with E-state index in [1.54, 1.807) is 12.1 Å². The fraction of sp³-hybridized carbons (Fsp3) is 0.385. The summed E-state index contributed by atoms with van der Waals surface area (Å²) in [6, 6.07) is 6.03. The lowest BCUT2D eigenvalue weighted by atomic mass is 10.1. The van der Waals surface area contributed by atoms with Crippen molar-refractivity contribution in [3.8, 4) is 0 Å². The molecule has 0 saturated carbocycles. The monoisotopic (exact) mass is 299 g/mol. The molecule has 1 N–H and O–H groups in total. The highest BCUT2D eigenvalue weighted by molar-refractivity contribution is 7.89. The van der Waals surface area contributed by atoms with E-state index >= 15 is 0 Å². The number of hydrogen-bond donors (Lipinski definition) is 1. The van der Waals surface area contributed by atoms with Crippen molar-refractivity contribution in [2.45, 2.75) is 18.8 Å². The van der Waals surface area contributed by atoms with Crippen molar-refractivity contribution >= 4 is 21.7 Å². The van der Waals surface area contributed by atoms with E-state index in [0.717, 1.165) is 6.26 Å². The predicted molar refractivity (Wildman–Crippen MR) is 73.9 cm³/mol. The third-order valence-corrected chi connectivity index (χ3v) is 3.38. The van der Waals surface area contributed by atoms with Crippen molar-refractivity contribution in [2.24, 2.45) is 0 Å². The molecule has 0 bridgehead atoms. The second-order valence-corrected chi connectivity index (χ2v) is 6.57. The van der Waals surface area contributed by atoms with E-state index in [1.165, 1.54) is 26.1 Å². The first-order valence-electron chi connectivity index (χ1n) is 5.92. The molecule has 0 aromatic heterocycles. The van der Waals surface area contributed by atoms with Crippen molar-refractivity contribution in [2.75, 3.05) is 13.3 Å². The van der Waals surface area contributed by atoms with Crippen LogP contribution in [0.4, 0.5) is 0 Å². The maximum Gasteiger partial charge on any atom is 0.338 e. The SMILES string of the molecule is CNC(=O)C(C)OC(=O)c1ccc(CS(C)(=O)=O)cc1. The Morgan fingerprint density at radius 2 is 1.80 bits per heavy atom. The number of sulfone groups is 1. The first-order chi connectivity index (χ1) is 9.23. The molecule has 20 heavy (non-hydrogen) atoms. The van der Waals surface area contributed by atoms with E-state index in [-0.39, 0.29) is 11.3 Å². The molecule has 0 fully saturated rings. The van der Waals surface area contributed by atoms with Crippen LogP contribution in [0.3, 0.4) is 0 Å². The molecule has 0 aliphatic carbocycles. The minimum Gasteiger partial charge on any atom is -0.449 e. The largest absolute Gasteiger partial charge is 0.449 e. The van der Waals surface area contributed by atoms with Crippen LogP contribution in [0, 0.1) is 0 Å². The minimum absolute atomic E-state index is 0.0863. The molecule has 7 heteroatoms. The van der Waals surface area contributed by atoms with Crippen LogP contribution in [-0.2, 0) is 25.1 Å². The van der Waals surface area contributed by atoms with Gasteiger partial charge in [0.1, 0.15) is 0 Å². The summed E-state index contributed by atoms with van der Waals surface area (Å²) >= 11 is 0. The van der Waals surface area contributed by atoms with Crippen LogP contribution in [0.1, 0.15) is 22.8 Å². The van der Waals surface area contributed by atoms with Crippen LogP contribution in [0.2, 0.25) is 0 Å². The second kappa shape index (κ2) is 6.51. The highest BCUT2D eigenvalue weighted by atomic mass is 32.2. The van der Waals surface area contributed by atoms with Gasteiger partial charge < -0.3 is 10.1 Å². The van der Waals surface area contributed by atoms with Crippen LogP contribution in [-0.4, -0.2) is 39.7 Å². The Morgan fingerprint density at radius 1 is 1.25 bits per heavy atom. The average Bonchev–Trinajstić information content (AvgIpc) is 2.36. The quantitative estimate of drug-likeness (QED) is 0.801. The van der Waals surface area contributed by atoms with Gasteiger partial charge in [-0.05, 0) is 24.6 Å². The molecule has 0 heterocycles. The van der Waals surface area contributed by atoms with Gasteiger partial charge in [-0.15, -0.1) is 0 Å². The van der Waals surface area contributed by atoms with Crippen molar-refractivity contribution in [1.82, 2.24) is 5.32 Å². The molecule has 1 atom stereocenters. The number of carbonyl (C=O) groups is 2. The number of rotatable bonds is 5. The summed E-state index contributed by atoms with van der Waals surface area (Å²) in [6.45, 7) is 1.47. The fourth-order valence-electron chi connectivity index (χ4n) is 1.53. The molecule has 0 aliphatic heterocycles. The Kier molecular flexibility index (Phi) is 5.26. The Morgan fingerprint density at radius 3 is 2.25 bits per heavy atom. The van der Waals surface area contributed by atoms with Crippen LogP contribution in [0.15, 0.2) is 24.3 Å². The molecule has 1 unspecified atom stereocenters. The highest BCUT2D eigenvalue weighted by Gasteiger charge is 2.17. The molecule has 110 valence electrons. The molecule has 1 rings (SSSR count). The van der Waals surface area contributed by atoms with Gasteiger partial charge in [-0.3, -0.25) is 4.79 Å². The van der Waals surface area contributed by atoms with Gasteiger partial charge in [-0.2, -0.15) is 0 Å². The summed E-state index contributed by atoms with van der Waals surface area (Å²) in [5.74, 6) is -1.11. The van der Waals surface area contributed by atoms with Gasteiger partial charge in [0.05, 0.1) is 11.3 Å². The third-order valence-electron chi connectivity index (χ3n) is 2.52. The lowest BCUT2D eigenvalue weighted by molar-refractivity contribution is -0.128.